The lowest BCUT2D eigenvalue weighted by molar-refractivity contribution is 0.186. The zero-order valence-electron chi connectivity index (χ0n) is 9.09. The Kier molecular flexibility index (Phi) is 3.27. The predicted octanol–water partition coefficient (Wildman–Crippen LogP) is -0.265. The standard InChI is InChI=1S/C9H15N3O3S/c1-12-6-9(5-10-12)16(13,14)11-4-8-2-3-15-7-8/h5-6,8,11H,2-4,7H2,1H3/t8-/m0/s1. The molecule has 2 rings (SSSR count). The molecule has 1 aromatic heterocycles. The molecule has 1 saturated heterocycles. The lowest BCUT2D eigenvalue weighted by atomic mass is 10.1. The summed E-state index contributed by atoms with van der Waals surface area (Å²) in [6.45, 7) is 1.78. The maximum atomic E-state index is 11.8. The van der Waals surface area contributed by atoms with E-state index in [1.165, 1.54) is 17.1 Å². The minimum Gasteiger partial charge on any atom is -0.381 e. The average molecular weight is 245 g/mol. The van der Waals surface area contributed by atoms with Gasteiger partial charge in [-0.25, -0.2) is 13.1 Å². The summed E-state index contributed by atoms with van der Waals surface area (Å²) >= 11 is 0. The molecule has 0 unspecified atom stereocenters. The highest BCUT2D eigenvalue weighted by Gasteiger charge is 2.20. The van der Waals surface area contributed by atoms with Crippen LogP contribution < -0.4 is 4.72 Å². The molecular formula is C9H15N3O3S. The summed E-state index contributed by atoms with van der Waals surface area (Å²) in [4.78, 5) is 0.203. The number of nitrogens with one attached hydrogen (secondary N) is 1. The van der Waals surface area contributed by atoms with E-state index in [9.17, 15) is 8.42 Å². The molecule has 0 spiro atoms. The summed E-state index contributed by atoms with van der Waals surface area (Å²) in [5.74, 6) is 0.284. The molecule has 2 heterocycles. The molecule has 1 aliphatic heterocycles. The number of hydrogen-bond donors (Lipinski definition) is 1. The van der Waals surface area contributed by atoms with E-state index in [0.29, 0.717) is 13.2 Å². The van der Waals surface area contributed by atoms with E-state index in [1.54, 1.807) is 7.05 Å². The fraction of sp³-hybridized carbons (Fsp3) is 0.667. The first-order valence-corrected chi connectivity index (χ1v) is 6.62. The fourth-order valence-corrected chi connectivity index (χ4v) is 2.69. The Hall–Kier alpha value is -0.920. The molecular weight excluding hydrogens is 230 g/mol. The van der Waals surface area contributed by atoms with Crippen molar-refractivity contribution in [2.24, 2.45) is 13.0 Å². The van der Waals surface area contributed by atoms with Gasteiger partial charge in [-0.1, -0.05) is 0 Å². The third kappa shape index (κ3) is 2.60. The van der Waals surface area contributed by atoms with Gasteiger partial charge in [-0.05, 0) is 12.3 Å². The number of ether oxygens (including phenoxy) is 1. The number of hydrogen-bond acceptors (Lipinski definition) is 4. The van der Waals surface area contributed by atoms with Crippen LogP contribution in [0.5, 0.6) is 0 Å². The SMILES string of the molecule is Cn1cc(S(=O)(=O)NC[C@@H]2CCOC2)cn1. The van der Waals surface area contributed by atoms with Gasteiger partial charge in [-0.15, -0.1) is 0 Å². The van der Waals surface area contributed by atoms with Crippen molar-refractivity contribution in [2.75, 3.05) is 19.8 Å². The predicted molar refractivity (Wildman–Crippen MR) is 57.3 cm³/mol. The van der Waals surface area contributed by atoms with Crippen molar-refractivity contribution in [3.63, 3.8) is 0 Å². The Morgan fingerprint density at radius 2 is 2.50 bits per heavy atom. The second kappa shape index (κ2) is 4.52. The topological polar surface area (TPSA) is 73.2 Å². The monoisotopic (exact) mass is 245 g/mol. The van der Waals surface area contributed by atoms with Crippen molar-refractivity contribution >= 4 is 10.0 Å². The van der Waals surface area contributed by atoms with E-state index in [2.05, 4.69) is 9.82 Å². The van der Waals surface area contributed by atoms with E-state index in [4.69, 9.17) is 4.74 Å². The van der Waals surface area contributed by atoms with Gasteiger partial charge in [0.15, 0.2) is 0 Å². The van der Waals surface area contributed by atoms with Gasteiger partial charge >= 0.3 is 0 Å². The highest BCUT2D eigenvalue weighted by atomic mass is 32.2. The molecule has 16 heavy (non-hydrogen) atoms. The van der Waals surface area contributed by atoms with Crippen molar-refractivity contribution in [1.82, 2.24) is 14.5 Å². The van der Waals surface area contributed by atoms with E-state index in [-0.39, 0.29) is 10.8 Å². The fourth-order valence-electron chi connectivity index (χ4n) is 1.59. The van der Waals surface area contributed by atoms with Crippen LogP contribution in [0.2, 0.25) is 0 Å². The Morgan fingerprint density at radius 1 is 1.69 bits per heavy atom. The van der Waals surface area contributed by atoms with Gasteiger partial charge in [-0.2, -0.15) is 5.10 Å². The Labute approximate surface area is 94.6 Å². The van der Waals surface area contributed by atoms with Crippen LogP contribution >= 0.6 is 0 Å². The zero-order chi connectivity index (χ0) is 11.6. The van der Waals surface area contributed by atoms with Crippen molar-refractivity contribution < 1.29 is 13.2 Å². The average Bonchev–Trinajstić information content (AvgIpc) is 2.85. The first-order chi connectivity index (χ1) is 7.58. The van der Waals surface area contributed by atoms with Crippen LogP contribution in [0.3, 0.4) is 0 Å². The largest absolute Gasteiger partial charge is 0.381 e. The maximum absolute atomic E-state index is 11.8. The van der Waals surface area contributed by atoms with Gasteiger partial charge in [0.2, 0.25) is 10.0 Å². The van der Waals surface area contributed by atoms with Gasteiger partial charge in [0.05, 0.1) is 12.8 Å². The maximum Gasteiger partial charge on any atom is 0.243 e. The quantitative estimate of drug-likeness (QED) is 0.793. The van der Waals surface area contributed by atoms with Crippen molar-refractivity contribution in [1.29, 1.82) is 0 Å². The summed E-state index contributed by atoms with van der Waals surface area (Å²) in [6.07, 6.45) is 3.73. The van der Waals surface area contributed by atoms with Crippen LogP contribution in [0.25, 0.3) is 0 Å². The third-order valence-corrected chi connectivity index (χ3v) is 3.96. The van der Waals surface area contributed by atoms with Gasteiger partial charge in [0.25, 0.3) is 0 Å². The second-order valence-electron chi connectivity index (χ2n) is 3.93. The smallest absolute Gasteiger partial charge is 0.243 e. The molecule has 1 aliphatic rings. The lowest BCUT2D eigenvalue weighted by Gasteiger charge is -2.08. The first-order valence-electron chi connectivity index (χ1n) is 5.14. The van der Waals surface area contributed by atoms with Gasteiger partial charge in [-0.3, -0.25) is 4.68 Å². The van der Waals surface area contributed by atoms with E-state index >= 15 is 0 Å². The summed E-state index contributed by atoms with van der Waals surface area (Å²) in [6, 6.07) is 0. The van der Waals surface area contributed by atoms with Crippen molar-refractivity contribution in [2.45, 2.75) is 11.3 Å². The highest BCUT2D eigenvalue weighted by molar-refractivity contribution is 7.89. The normalized spacial score (nSPS) is 21.4. The summed E-state index contributed by atoms with van der Waals surface area (Å²) in [7, 11) is -1.73. The van der Waals surface area contributed by atoms with Gasteiger partial charge < -0.3 is 4.74 Å². The number of aryl methyl sites for hydroxylation is 1. The summed E-state index contributed by atoms with van der Waals surface area (Å²) < 4.78 is 32.8. The third-order valence-electron chi connectivity index (χ3n) is 2.58. The van der Waals surface area contributed by atoms with Crippen LogP contribution in [0.1, 0.15) is 6.42 Å². The minimum atomic E-state index is -3.42. The van der Waals surface area contributed by atoms with E-state index < -0.39 is 10.0 Å². The van der Waals surface area contributed by atoms with Crippen LogP contribution in [-0.2, 0) is 21.8 Å². The molecule has 0 aliphatic carbocycles. The lowest BCUT2D eigenvalue weighted by Crippen LogP contribution is -2.29. The number of rotatable bonds is 4. The van der Waals surface area contributed by atoms with Crippen LogP contribution in [0.15, 0.2) is 17.3 Å². The van der Waals surface area contributed by atoms with Crippen LogP contribution in [-0.4, -0.2) is 38.0 Å². The molecule has 90 valence electrons. The summed E-state index contributed by atoms with van der Waals surface area (Å²) in [5, 5.41) is 3.84. The number of sulfonamides is 1. The Morgan fingerprint density at radius 3 is 3.06 bits per heavy atom. The Balaban J connectivity index is 1.97. The molecule has 0 saturated carbocycles. The molecule has 1 N–H and O–H groups in total. The molecule has 0 bridgehead atoms. The van der Waals surface area contributed by atoms with Gasteiger partial charge in [0, 0.05) is 26.4 Å². The number of nitrogens with zero attached hydrogens (tertiary/aromatic N) is 2. The first kappa shape index (κ1) is 11.6. The molecule has 7 heteroatoms. The molecule has 1 atom stereocenters. The Bertz CT molecular complexity index is 448. The molecule has 0 aromatic carbocycles. The minimum absolute atomic E-state index is 0.203. The molecule has 1 fully saturated rings. The van der Waals surface area contributed by atoms with Crippen molar-refractivity contribution in [3.8, 4) is 0 Å². The zero-order valence-corrected chi connectivity index (χ0v) is 9.90. The van der Waals surface area contributed by atoms with Crippen LogP contribution in [0.4, 0.5) is 0 Å². The molecule has 1 aromatic rings. The molecule has 0 amide bonds. The molecule has 6 nitrogen and oxygen atoms in total. The van der Waals surface area contributed by atoms with E-state index in [1.807, 2.05) is 0 Å². The number of aromatic nitrogens is 2. The summed E-state index contributed by atoms with van der Waals surface area (Å²) in [5.41, 5.74) is 0. The van der Waals surface area contributed by atoms with E-state index in [0.717, 1.165) is 13.0 Å². The van der Waals surface area contributed by atoms with Crippen molar-refractivity contribution in [3.05, 3.63) is 12.4 Å². The van der Waals surface area contributed by atoms with Gasteiger partial charge in [0.1, 0.15) is 4.90 Å². The second-order valence-corrected chi connectivity index (χ2v) is 5.70. The van der Waals surface area contributed by atoms with Crippen LogP contribution in [0, 0.1) is 5.92 Å². The highest BCUT2D eigenvalue weighted by Crippen LogP contribution is 2.12. The molecule has 0 radical (unpaired) electrons.